The Kier molecular flexibility index (Phi) is 4.15. The van der Waals surface area contributed by atoms with E-state index in [0.29, 0.717) is 21.4 Å². The molecule has 0 aromatic heterocycles. The summed E-state index contributed by atoms with van der Waals surface area (Å²) in [4.78, 5) is 25.8. The Morgan fingerprint density at radius 1 is 1.09 bits per heavy atom. The lowest BCUT2D eigenvalue weighted by Crippen LogP contribution is -2.34. The zero-order valence-corrected chi connectivity index (χ0v) is 13.3. The van der Waals surface area contributed by atoms with Crippen molar-refractivity contribution in [2.24, 2.45) is 0 Å². The van der Waals surface area contributed by atoms with Crippen LogP contribution in [0.25, 0.3) is 0 Å². The fraction of sp³-hybridized carbons (Fsp3) is 0.125. The van der Waals surface area contributed by atoms with Gasteiger partial charge in [-0.3, -0.25) is 9.59 Å². The van der Waals surface area contributed by atoms with Gasteiger partial charge in [-0.2, -0.15) is 0 Å². The second-order valence-corrected chi connectivity index (χ2v) is 5.87. The average molecular weight is 351 g/mol. The standard InChI is InChI=1S/C16H12Cl2N2O3/c17-11-2-1-3-12(15(11)18)19-13-8-14(22)20(16(13)23)9-4-6-10(21)7-5-9/h1-7,13,19,21H,8H2. The number of carbonyl (C=O) groups excluding carboxylic acids is 2. The number of aromatic hydroxyl groups is 1. The number of hydrogen-bond donors (Lipinski definition) is 2. The molecular formula is C16H12Cl2N2O3. The van der Waals surface area contributed by atoms with Crippen molar-refractivity contribution in [1.29, 1.82) is 0 Å². The van der Waals surface area contributed by atoms with Crippen LogP contribution in [0.1, 0.15) is 6.42 Å². The Morgan fingerprint density at radius 3 is 2.48 bits per heavy atom. The molecule has 0 aliphatic carbocycles. The van der Waals surface area contributed by atoms with E-state index in [2.05, 4.69) is 5.32 Å². The Labute approximate surface area is 142 Å². The van der Waals surface area contributed by atoms with Crippen LogP contribution in [0, 0.1) is 0 Å². The van der Waals surface area contributed by atoms with Crippen molar-refractivity contribution >= 4 is 46.4 Å². The van der Waals surface area contributed by atoms with Gasteiger partial charge in [-0.1, -0.05) is 29.3 Å². The number of anilines is 2. The summed E-state index contributed by atoms with van der Waals surface area (Å²) in [6.07, 6.45) is 0.0164. The SMILES string of the molecule is O=C1CC(Nc2cccc(Cl)c2Cl)C(=O)N1c1ccc(O)cc1. The molecule has 118 valence electrons. The largest absolute Gasteiger partial charge is 0.508 e. The number of carbonyl (C=O) groups is 2. The molecule has 1 heterocycles. The molecule has 1 atom stereocenters. The van der Waals surface area contributed by atoms with Gasteiger partial charge in [0.1, 0.15) is 11.8 Å². The molecule has 2 N–H and O–H groups in total. The van der Waals surface area contributed by atoms with Gasteiger partial charge in [0.15, 0.2) is 0 Å². The zero-order valence-electron chi connectivity index (χ0n) is 11.8. The number of hydrogen-bond acceptors (Lipinski definition) is 4. The summed E-state index contributed by atoms with van der Waals surface area (Å²) in [7, 11) is 0. The molecule has 3 rings (SSSR count). The molecule has 1 unspecified atom stereocenters. The molecule has 1 fully saturated rings. The molecule has 2 aromatic rings. The van der Waals surface area contributed by atoms with Crippen molar-refractivity contribution in [2.45, 2.75) is 12.5 Å². The number of nitrogens with one attached hydrogen (secondary N) is 1. The van der Waals surface area contributed by atoms with E-state index < -0.39 is 6.04 Å². The first kappa shape index (κ1) is 15.6. The number of imide groups is 1. The molecule has 0 saturated carbocycles. The van der Waals surface area contributed by atoms with Crippen LogP contribution in [0.2, 0.25) is 10.0 Å². The van der Waals surface area contributed by atoms with Gasteiger partial charge in [0, 0.05) is 0 Å². The molecule has 0 radical (unpaired) electrons. The molecule has 1 aliphatic heterocycles. The third-order valence-corrected chi connectivity index (χ3v) is 4.35. The normalized spacial score (nSPS) is 17.7. The molecule has 0 bridgehead atoms. The number of rotatable bonds is 3. The topological polar surface area (TPSA) is 69.6 Å². The van der Waals surface area contributed by atoms with Gasteiger partial charge in [0.25, 0.3) is 5.91 Å². The van der Waals surface area contributed by atoms with E-state index in [1.807, 2.05) is 0 Å². The van der Waals surface area contributed by atoms with Crippen LogP contribution < -0.4 is 10.2 Å². The summed E-state index contributed by atoms with van der Waals surface area (Å²) in [5, 5.41) is 12.9. The zero-order chi connectivity index (χ0) is 16.6. The molecule has 5 nitrogen and oxygen atoms in total. The summed E-state index contributed by atoms with van der Waals surface area (Å²) >= 11 is 12.0. The molecule has 2 aromatic carbocycles. The van der Waals surface area contributed by atoms with Gasteiger partial charge >= 0.3 is 0 Å². The maximum atomic E-state index is 12.5. The second-order valence-electron chi connectivity index (χ2n) is 5.09. The molecule has 23 heavy (non-hydrogen) atoms. The van der Waals surface area contributed by atoms with Crippen LogP contribution in [0.3, 0.4) is 0 Å². The van der Waals surface area contributed by atoms with E-state index in [1.54, 1.807) is 18.2 Å². The summed E-state index contributed by atoms with van der Waals surface area (Å²) in [5.41, 5.74) is 0.914. The smallest absolute Gasteiger partial charge is 0.256 e. The second kappa shape index (κ2) is 6.10. The maximum absolute atomic E-state index is 12.5. The highest BCUT2D eigenvalue weighted by Crippen LogP contribution is 2.32. The summed E-state index contributed by atoms with van der Waals surface area (Å²) in [6.45, 7) is 0. The van der Waals surface area contributed by atoms with Crippen LogP contribution >= 0.6 is 23.2 Å². The van der Waals surface area contributed by atoms with Crippen molar-refractivity contribution in [2.75, 3.05) is 10.2 Å². The first-order valence-electron chi connectivity index (χ1n) is 6.84. The van der Waals surface area contributed by atoms with E-state index in [4.69, 9.17) is 23.2 Å². The van der Waals surface area contributed by atoms with E-state index in [0.717, 1.165) is 4.90 Å². The van der Waals surface area contributed by atoms with Crippen LogP contribution in [-0.4, -0.2) is 23.0 Å². The highest BCUT2D eigenvalue weighted by atomic mass is 35.5. The van der Waals surface area contributed by atoms with Crippen molar-refractivity contribution in [3.63, 3.8) is 0 Å². The fourth-order valence-electron chi connectivity index (χ4n) is 2.42. The molecular weight excluding hydrogens is 339 g/mol. The lowest BCUT2D eigenvalue weighted by molar-refractivity contribution is -0.121. The Hall–Kier alpha value is -2.24. The maximum Gasteiger partial charge on any atom is 0.256 e. The monoisotopic (exact) mass is 350 g/mol. The van der Waals surface area contributed by atoms with Crippen LogP contribution in [0.4, 0.5) is 11.4 Å². The first-order valence-corrected chi connectivity index (χ1v) is 7.59. The van der Waals surface area contributed by atoms with Crippen molar-refractivity contribution in [3.05, 3.63) is 52.5 Å². The van der Waals surface area contributed by atoms with Crippen LogP contribution in [-0.2, 0) is 9.59 Å². The summed E-state index contributed by atoms with van der Waals surface area (Å²) in [6, 6.07) is 10.2. The van der Waals surface area contributed by atoms with Gasteiger partial charge in [-0.15, -0.1) is 0 Å². The minimum atomic E-state index is -0.715. The lowest BCUT2D eigenvalue weighted by atomic mass is 10.2. The summed E-state index contributed by atoms with van der Waals surface area (Å²) in [5.74, 6) is -0.638. The molecule has 1 saturated heterocycles. The van der Waals surface area contributed by atoms with Gasteiger partial charge in [0.2, 0.25) is 5.91 Å². The van der Waals surface area contributed by atoms with Gasteiger partial charge < -0.3 is 10.4 Å². The van der Waals surface area contributed by atoms with Gasteiger partial charge in [-0.25, -0.2) is 4.90 Å². The number of benzene rings is 2. The predicted octanol–water partition coefficient (Wildman–Crippen LogP) is 3.44. The predicted molar refractivity (Wildman–Crippen MR) is 89.1 cm³/mol. The molecule has 0 spiro atoms. The van der Waals surface area contributed by atoms with E-state index in [1.165, 1.54) is 24.3 Å². The number of phenolic OH excluding ortho intramolecular Hbond substituents is 1. The number of halogens is 2. The van der Waals surface area contributed by atoms with Crippen molar-refractivity contribution < 1.29 is 14.7 Å². The summed E-state index contributed by atoms with van der Waals surface area (Å²) < 4.78 is 0. The van der Waals surface area contributed by atoms with Crippen molar-refractivity contribution in [3.8, 4) is 5.75 Å². The van der Waals surface area contributed by atoms with Gasteiger partial charge in [0.05, 0.1) is 27.8 Å². The van der Waals surface area contributed by atoms with Gasteiger partial charge in [-0.05, 0) is 36.4 Å². The Bertz CT molecular complexity index is 777. The first-order chi connectivity index (χ1) is 11.0. The Balaban J connectivity index is 1.84. The quantitative estimate of drug-likeness (QED) is 0.832. The van der Waals surface area contributed by atoms with Crippen LogP contribution in [0.15, 0.2) is 42.5 Å². The molecule has 2 amide bonds. The minimum absolute atomic E-state index is 0.0164. The molecule has 1 aliphatic rings. The lowest BCUT2D eigenvalue weighted by Gasteiger charge is -2.17. The molecule has 7 heteroatoms. The average Bonchev–Trinajstić information content (AvgIpc) is 2.79. The van der Waals surface area contributed by atoms with E-state index in [-0.39, 0.29) is 24.0 Å². The Morgan fingerprint density at radius 2 is 1.78 bits per heavy atom. The number of phenols is 1. The minimum Gasteiger partial charge on any atom is -0.508 e. The van der Waals surface area contributed by atoms with E-state index >= 15 is 0 Å². The third kappa shape index (κ3) is 2.98. The van der Waals surface area contributed by atoms with Crippen LogP contribution in [0.5, 0.6) is 5.75 Å². The third-order valence-electron chi connectivity index (χ3n) is 3.54. The van der Waals surface area contributed by atoms with E-state index in [9.17, 15) is 14.7 Å². The number of amides is 2. The highest BCUT2D eigenvalue weighted by molar-refractivity contribution is 6.43. The highest BCUT2D eigenvalue weighted by Gasteiger charge is 2.39. The van der Waals surface area contributed by atoms with Crippen molar-refractivity contribution in [1.82, 2.24) is 0 Å². The number of nitrogens with zero attached hydrogens (tertiary/aromatic N) is 1. The fourth-order valence-corrected chi connectivity index (χ4v) is 2.78.